The minimum Gasteiger partial charge on any atom is -0.270 e. The second kappa shape index (κ2) is 8.36. The molecule has 3 nitrogen and oxygen atoms in total. The van der Waals surface area contributed by atoms with Gasteiger partial charge in [0, 0.05) is 17.0 Å². The van der Waals surface area contributed by atoms with Crippen LogP contribution in [0.2, 0.25) is 0 Å². The minimum absolute atomic E-state index is 0.350. The molecule has 3 aromatic carbocycles. The number of para-hydroxylation sites is 1. The maximum absolute atomic E-state index is 13.0. The normalized spacial score (nSPS) is 11.6. The van der Waals surface area contributed by atoms with Crippen molar-refractivity contribution in [2.24, 2.45) is 0 Å². The van der Waals surface area contributed by atoms with E-state index >= 15 is 0 Å². The molecule has 0 radical (unpaired) electrons. The zero-order valence-corrected chi connectivity index (χ0v) is 16.9. The number of rotatable bonds is 5. The molecule has 4 aromatic rings. The van der Waals surface area contributed by atoms with Crippen molar-refractivity contribution in [2.75, 3.05) is 0 Å². The summed E-state index contributed by atoms with van der Waals surface area (Å²) in [6, 6.07) is 23.0. The number of aromatic nitrogens is 3. The largest absolute Gasteiger partial charge is 0.416 e. The number of alkyl halides is 3. The lowest BCUT2D eigenvalue weighted by atomic mass is 10.1. The topological polar surface area (TPSA) is 30.7 Å². The van der Waals surface area contributed by atoms with Crippen LogP contribution in [-0.4, -0.2) is 14.8 Å². The van der Waals surface area contributed by atoms with E-state index < -0.39 is 11.7 Å². The van der Waals surface area contributed by atoms with E-state index in [1.165, 1.54) is 23.9 Å². The summed E-state index contributed by atoms with van der Waals surface area (Å²) in [7, 11) is 0. The van der Waals surface area contributed by atoms with E-state index in [1.54, 1.807) is 6.07 Å². The van der Waals surface area contributed by atoms with Gasteiger partial charge in [0.25, 0.3) is 0 Å². The van der Waals surface area contributed by atoms with Crippen molar-refractivity contribution in [2.45, 2.75) is 24.0 Å². The van der Waals surface area contributed by atoms with Gasteiger partial charge in [-0.1, -0.05) is 71.9 Å². The van der Waals surface area contributed by atoms with Crippen LogP contribution in [-0.2, 0) is 11.9 Å². The summed E-state index contributed by atoms with van der Waals surface area (Å²) in [5.41, 5.74) is 2.86. The fraction of sp³-hybridized carbons (Fsp3) is 0.130. The molecule has 0 N–H and O–H groups in total. The molecule has 0 aliphatic heterocycles. The van der Waals surface area contributed by atoms with Crippen LogP contribution in [0.1, 0.15) is 16.7 Å². The molecule has 0 fully saturated rings. The van der Waals surface area contributed by atoms with E-state index in [-0.39, 0.29) is 0 Å². The highest BCUT2D eigenvalue weighted by Crippen LogP contribution is 2.33. The van der Waals surface area contributed by atoms with Crippen LogP contribution in [0, 0.1) is 6.92 Å². The number of thioether (sulfide) groups is 1. The average molecular weight is 425 g/mol. The molecule has 4 rings (SSSR count). The standard InChI is InChI=1S/C23H18F3N3S/c1-16-7-5-9-18(13-16)21-27-28-22(29(21)20-11-3-2-4-12-20)30-15-17-8-6-10-19(14-17)23(24,25)26/h2-14H,15H2,1H3. The Morgan fingerprint density at radius 3 is 2.37 bits per heavy atom. The molecule has 30 heavy (non-hydrogen) atoms. The highest BCUT2D eigenvalue weighted by Gasteiger charge is 2.30. The van der Waals surface area contributed by atoms with E-state index in [4.69, 9.17) is 0 Å². The van der Waals surface area contributed by atoms with E-state index in [0.717, 1.165) is 22.9 Å². The summed E-state index contributed by atoms with van der Waals surface area (Å²) >= 11 is 1.36. The Hall–Kier alpha value is -3.06. The van der Waals surface area contributed by atoms with Crippen molar-refractivity contribution in [3.05, 3.63) is 95.6 Å². The second-order valence-corrected chi connectivity index (χ2v) is 7.78. The van der Waals surface area contributed by atoms with Gasteiger partial charge in [0.1, 0.15) is 0 Å². The van der Waals surface area contributed by atoms with Crippen LogP contribution in [0.25, 0.3) is 17.1 Å². The van der Waals surface area contributed by atoms with Gasteiger partial charge in [0.05, 0.1) is 5.56 Å². The number of halogens is 3. The predicted octanol–water partition coefficient (Wildman–Crippen LogP) is 6.55. The first kappa shape index (κ1) is 20.2. The molecule has 7 heteroatoms. The Balaban J connectivity index is 1.69. The van der Waals surface area contributed by atoms with Gasteiger partial charge in [0.2, 0.25) is 0 Å². The molecule has 0 spiro atoms. The lowest BCUT2D eigenvalue weighted by Gasteiger charge is -2.11. The molecule has 0 amide bonds. The minimum atomic E-state index is -4.36. The average Bonchev–Trinajstić information content (AvgIpc) is 3.16. The van der Waals surface area contributed by atoms with Crippen LogP contribution >= 0.6 is 11.8 Å². The lowest BCUT2D eigenvalue weighted by Crippen LogP contribution is -2.05. The molecule has 1 heterocycles. The first-order valence-corrected chi connectivity index (χ1v) is 10.3. The fourth-order valence-electron chi connectivity index (χ4n) is 3.13. The van der Waals surface area contributed by atoms with Gasteiger partial charge in [-0.2, -0.15) is 13.2 Å². The third-order valence-corrected chi connectivity index (χ3v) is 5.55. The molecular weight excluding hydrogens is 407 g/mol. The van der Waals surface area contributed by atoms with Gasteiger partial charge in [-0.25, -0.2) is 0 Å². The van der Waals surface area contributed by atoms with Gasteiger partial charge in [0.15, 0.2) is 11.0 Å². The lowest BCUT2D eigenvalue weighted by molar-refractivity contribution is -0.137. The Labute approximate surface area is 176 Å². The Morgan fingerprint density at radius 1 is 0.867 bits per heavy atom. The summed E-state index contributed by atoms with van der Waals surface area (Å²) in [6.07, 6.45) is -4.36. The summed E-state index contributed by atoms with van der Waals surface area (Å²) < 4.78 is 41.0. The summed E-state index contributed by atoms with van der Waals surface area (Å²) in [5, 5.41) is 9.34. The van der Waals surface area contributed by atoms with Gasteiger partial charge in [-0.05, 0) is 36.8 Å². The molecule has 0 aliphatic carbocycles. The highest BCUT2D eigenvalue weighted by molar-refractivity contribution is 7.98. The SMILES string of the molecule is Cc1cccc(-c2nnc(SCc3cccc(C(F)(F)F)c3)n2-c2ccccc2)c1. The molecule has 0 saturated carbocycles. The number of hydrogen-bond donors (Lipinski definition) is 0. The van der Waals surface area contributed by atoms with Gasteiger partial charge < -0.3 is 0 Å². The quantitative estimate of drug-likeness (QED) is 0.340. The van der Waals surface area contributed by atoms with E-state index in [0.29, 0.717) is 22.3 Å². The molecule has 0 aliphatic rings. The van der Waals surface area contributed by atoms with Crippen molar-refractivity contribution in [3.8, 4) is 17.1 Å². The molecular formula is C23H18F3N3S. The highest BCUT2D eigenvalue weighted by atomic mass is 32.2. The van der Waals surface area contributed by atoms with Gasteiger partial charge in [-0.15, -0.1) is 10.2 Å². The van der Waals surface area contributed by atoms with Crippen LogP contribution < -0.4 is 0 Å². The zero-order chi connectivity index (χ0) is 21.1. The van der Waals surface area contributed by atoms with Crippen molar-refractivity contribution in [3.63, 3.8) is 0 Å². The number of benzene rings is 3. The van der Waals surface area contributed by atoms with Crippen molar-refractivity contribution < 1.29 is 13.2 Å². The van der Waals surface area contributed by atoms with Gasteiger partial charge >= 0.3 is 6.18 Å². The maximum atomic E-state index is 13.0. The summed E-state index contributed by atoms with van der Waals surface area (Å²) in [5.74, 6) is 1.04. The first-order chi connectivity index (χ1) is 14.4. The zero-order valence-electron chi connectivity index (χ0n) is 16.1. The second-order valence-electron chi connectivity index (χ2n) is 6.83. The maximum Gasteiger partial charge on any atom is 0.416 e. The number of aryl methyl sites for hydroxylation is 1. The van der Waals surface area contributed by atoms with E-state index in [2.05, 4.69) is 10.2 Å². The van der Waals surface area contributed by atoms with E-state index in [9.17, 15) is 13.2 Å². The van der Waals surface area contributed by atoms with Crippen LogP contribution in [0.3, 0.4) is 0 Å². The molecule has 0 saturated heterocycles. The molecule has 1 aromatic heterocycles. The van der Waals surface area contributed by atoms with Crippen LogP contribution in [0.15, 0.2) is 84.0 Å². The summed E-state index contributed by atoms with van der Waals surface area (Å²) in [6.45, 7) is 2.01. The molecule has 0 atom stereocenters. The monoisotopic (exact) mass is 425 g/mol. The predicted molar refractivity (Wildman–Crippen MR) is 113 cm³/mol. The van der Waals surface area contributed by atoms with Crippen molar-refractivity contribution >= 4 is 11.8 Å². The Kier molecular flexibility index (Phi) is 5.63. The summed E-state index contributed by atoms with van der Waals surface area (Å²) in [4.78, 5) is 0. The van der Waals surface area contributed by atoms with Crippen molar-refractivity contribution in [1.29, 1.82) is 0 Å². The third kappa shape index (κ3) is 4.41. The molecule has 0 unspecified atom stereocenters. The number of hydrogen-bond acceptors (Lipinski definition) is 3. The molecule has 0 bridgehead atoms. The Bertz CT molecular complexity index is 1150. The fourth-order valence-corrected chi connectivity index (χ4v) is 4.02. The number of nitrogens with zero attached hydrogens (tertiary/aromatic N) is 3. The third-order valence-electron chi connectivity index (χ3n) is 4.55. The first-order valence-electron chi connectivity index (χ1n) is 9.28. The van der Waals surface area contributed by atoms with Crippen LogP contribution in [0.5, 0.6) is 0 Å². The van der Waals surface area contributed by atoms with E-state index in [1.807, 2.05) is 66.1 Å². The molecule has 152 valence electrons. The van der Waals surface area contributed by atoms with Gasteiger partial charge in [-0.3, -0.25) is 4.57 Å². The smallest absolute Gasteiger partial charge is 0.270 e. The Morgan fingerprint density at radius 2 is 1.63 bits per heavy atom. The van der Waals surface area contributed by atoms with Crippen LogP contribution in [0.4, 0.5) is 13.2 Å². The van der Waals surface area contributed by atoms with Crippen molar-refractivity contribution in [1.82, 2.24) is 14.8 Å².